The van der Waals surface area contributed by atoms with Gasteiger partial charge >= 0.3 is 0 Å². The lowest BCUT2D eigenvalue weighted by Gasteiger charge is -2.21. The van der Waals surface area contributed by atoms with Crippen LogP contribution in [0.4, 0.5) is 0 Å². The van der Waals surface area contributed by atoms with E-state index in [2.05, 4.69) is 4.98 Å². The summed E-state index contributed by atoms with van der Waals surface area (Å²) in [5, 5.41) is 1.02. The third-order valence-corrected chi connectivity index (χ3v) is 6.12. The molecule has 2 aromatic carbocycles. The van der Waals surface area contributed by atoms with Gasteiger partial charge in [-0.25, -0.2) is 0 Å². The van der Waals surface area contributed by atoms with Crippen LogP contribution < -0.4 is 0 Å². The first-order valence-corrected chi connectivity index (χ1v) is 9.94. The number of aryl methyl sites for hydroxylation is 1. The maximum atomic E-state index is 12.5. The van der Waals surface area contributed by atoms with E-state index in [0.717, 1.165) is 22.0 Å². The van der Waals surface area contributed by atoms with Gasteiger partial charge in [0.1, 0.15) is 0 Å². The number of rotatable bonds is 4. The number of Topliss-reactive ketones (excluding diaryl/α,β-unsaturated/α-hetero) is 1. The Bertz CT molecular complexity index is 1080. The van der Waals surface area contributed by atoms with Crippen molar-refractivity contribution in [1.29, 1.82) is 0 Å². The predicted molar refractivity (Wildman–Crippen MR) is 98.8 cm³/mol. The van der Waals surface area contributed by atoms with Crippen molar-refractivity contribution in [3.8, 4) is 0 Å². The van der Waals surface area contributed by atoms with Gasteiger partial charge < -0.3 is 4.98 Å². The predicted octanol–water partition coefficient (Wildman–Crippen LogP) is 3.63. The van der Waals surface area contributed by atoms with Crippen molar-refractivity contribution in [3.05, 3.63) is 65.4 Å². The quantitative estimate of drug-likeness (QED) is 0.713. The van der Waals surface area contributed by atoms with E-state index < -0.39 is 10.1 Å². The molecule has 1 heterocycles. The Labute approximate surface area is 152 Å². The molecule has 0 saturated carbocycles. The van der Waals surface area contributed by atoms with E-state index in [0.29, 0.717) is 12.1 Å². The number of aromatic amines is 1. The van der Waals surface area contributed by atoms with E-state index in [1.54, 1.807) is 12.1 Å². The number of H-pyrrole nitrogens is 1. The van der Waals surface area contributed by atoms with Gasteiger partial charge in [-0.2, -0.15) is 8.42 Å². The zero-order valence-corrected chi connectivity index (χ0v) is 15.2. The normalized spacial score (nSPS) is 17.4. The highest BCUT2D eigenvalue weighted by molar-refractivity contribution is 7.86. The number of aromatic nitrogens is 1. The van der Waals surface area contributed by atoms with E-state index in [1.165, 1.54) is 12.1 Å². The van der Waals surface area contributed by atoms with Crippen LogP contribution in [0.3, 0.4) is 0 Å². The van der Waals surface area contributed by atoms with Crippen LogP contribution in [0.2, 0.25) is 0 Å². The molecule has 1 aromatic heterocycles. The van der Waals surface area contributed by atoms with Gasteiger partial charge in [-0.15, -0.1) is 0 Å². The summed E-state index contributed by atoms with van der Waals surface area (Å²) in [4.78, 5) is 15.8. The molecule has 1 aliphatic carbocycles. The SMILES string of the molecule is Cc1ccc(S(=O)(=O)OCC2CC(=O)c3[nH]c4ccccc4c3C2)cc1. The van der Waals surface area contributed by atoms with Crippen LogP contribution in [0.1, 0.15) is 28.0 Å². The first kappa shape index (κ1) is 17.0. The summed E-state index contributed by atoms with van der Waals surface area (Å²) in [7, 11) is -3.82. The number of carbonyl (C=O) groups is 1. The summed E-state index contributed by atoms with van der Waals surface area (Å²) in [5.41, 5.74) is 3.51. The maximum absolute atomic E-state index is 12.5. The number of carbonyl (C=O) groups excluding carboxylic acids is 1. The van der Waals surface area contributed by atoms with E-state index in [-0.39, 0.29) is 29.6 Å². The summed E-state index contributed by atoms with van der Waals surface area (Å²) < 4.78 is 30.0. The molecule has 1 atom stereocenters. The highest BCUT2D eigenvalue weighted by atomic mass is 32.2. The number of benzene rings is 2. The van der Waals surface area contributed by atoms with Gasteiger partial charge in [-0.1, -0.05) is 35.9 Å². The molecule has 4 rings (SSSR count). The molecule has 26 heavy (non-hydrogen) atoms. The minimum absolute atomic E-state index is 0.000890. The summed E-state index contributed by atoms with van der Waals surface area (Å²) in [5.74, 6) is -0.154. The monoisotopic (exact) mass is 369 g/mol. The maximum Gasteiger partial charge on any atom is 0.296 e. The van der Waals surface area contributed by atoms with Crippen molar-refractivity contribution in [3.63, 3.8) is 0 Å². The van der Waals surface area contributed by atoms with Gasteiger partial charge in [-0.3, -0.25) is 8.98 Å². The smallest absolute Gasteiger partial charge is 0.296 e. The van der Waals surface area contributed by atoms with Crippen LogP contribution in [0, 0.1) is 12.8 Å². The number of ketones is 1. The van der Waals surface area contributed by atoms with Crippen molar-refractivity contribution >= 4 is 26.8 Å². The molecule has 0 saturated heterocycles. The highest BCUT2D eigenvalue weighted by Crippen LogP contribution is 2.32. The number of hydrogen-bond donors (Lipinski definition) is 1. The Morgan fingerprint density at radius 3 is 2.58 bits per heavy atom. The fraction of sp³-hybridized carbons (Fsp3) is 0.250. The van der Waals surface area contributed by atoms with Crippen molar-refractivity contribution < 1.29 is 17.4 Å². The molecule has 0 fully saturated rings. The van der Waals surface area contributed by atoms with E-state index in [1.807, 2.05) is 31.2 Å². The standard InChI is InChI=1S/C20H19NO4S/c1-13-6-8-15(9-7-13)26(23,24)25-12-14-10-17-16-4-2-3-5-18(16)21-20(17)19(22)11-14/h2-9,14,21H,10-12H2,1H3. The minimum Gasteiger partial charge on any atom is -0.352 e. The minimum atomic E-state index is -3.82. The van der Waals surface area contributed by atoms with Crippen molar-refractivity contribution in [2.45, 2.75) is 24.7 Å². The molecule has 0 aliphatic heterocycles. The van der Waals surface area contributed by atoms with Gasteiger partial charge in [0.25, 0.3) is 10.1 Å². The molecule has 1 unspecified atom stereocenters. The first-order chi connectivity index (χ1) is 12.4. The van der Waals surface area contributed by atoms with Crippen LogP contribution in [0.15, 0.2) is 53.4 Å². The first-order valence-electron chi connectivity index (χ1n) is 8.53. The fourth-order valence-electron chi connectivity index (χ4n) is 3.45. The molecule has 1 aliphatic rings. The Morgan fingerprint density at radius 1 is 1.08 bits per heavy atom. The van der Waals surface area contributed by atoms with Gasteiger partial charge in [-0.05, 0) is 43.0 Å². The van der Waals surface area contributed by atoms with Crippen LogP contribution in [0.5, 0.6) is 0 Å². The molecule has 134 valence electrons. The Morgan fingerprint density at radius 2 is 1.81 bits per heavy atom. The van der Waals surface area contributed by atoms with E-state index >= 15 is 0 Å². The van der Waals surface area contributed by atoms with Gasteiger partial charge in [0.15, 0.2) is 5.78 Å². The van der Waals surface area contributed by atoms with Gasteiger partial charge in [0, 0.05) is 17.3 Å². The van der Waals surface area contributed by atoms with Crippen LogP contribution in [0.25, 0.3) is 10.9 Å². The second kappa shape index (κ2) is 6.37. The lowest BCUT2D eigenvalue weighted by Crippen LogP contribution is -2.25. The molecule has 0 amide bonds. The Hall–Kier alpha value is -2.44. The fourth-order valence-corrected chi connectivity index (χ4v) is 4.43. The van der Waals surface area contributed by atoms with Gasteiger partial charge in [0.05, 0.1) is 17.2 Å². The number of fused-ring (bicyclic) bond motifs is 3. The number of para-hydroxylation sites is 1. The number of hydrogen-bond acceptors (Lipinski definition) is 4. The second-order valence-electron chi connectivity index (χ2n) is 6.77. The zero-order valence-electron chi connectivity index (χ0n) is 14.4. The molecule has 0 bridgehead atoms. The summed E-state index contributed by atoms with van der Waals surface area (Å²) in [6.07, 6.45) is 0.901. The van der Waals surface area contributed by atoms with Gasteiger partial charge in [0.2, 0.25) is 0 Å². The Kier molecular flexibility index (Phi) is 4.17. The molecule has 0 radical (unpaired) electrons. The lowest BCUT2D eigenvalue weighted by molar-refractivity contribution is 0.0923. The average Bonchev–Trinajstić information content (AvgIpc) is 3.00. The van der Waals surface area contributed by atoms with Crippen molar-refractivity contribution in [2.75, 3.05) is 6.61 Å². The lowest BCUT2D eigenvalue weighted by atomic mass is 9.86. The number of nitrogens with one attached hydrogen (secondary N) is 1. The third kappa shape index (κ3) is 3.06. The highest BCUT2D eigenvalue weighted by Gasteiger charge is 2.30. The third-order valence-electron chi connectivity index (χ3n) is 4.83. The summed E-state index contributed by atoms with van der Waals surface area (Å²) >= 11 is 0. The molecule has 3 aromatic rings. The topological polar surface area (TPSA) is 76.2 Å². The van der Waals surface area contributed by atoms with Crippen molar-refractivity contribution in [1.82, 2.24) is 4.98 Å². The summed E-state index contributed by atoms with van der Waals surface area (Å²) in [6.45, 7) is 1.89. The van der Waals surface area contributed by atoms with E-state index in [4.69, 9.17) is 4.18 Å². The zero-order chi connectivity index (χ0) is 18.3. The Balaban J connectivity index is 1.53. The summed E-state index contributed by atoms with van der Waals surface area (Å²) in [6, 6.07) is 14.3. The van der Waals surface area contributed by atoms with Crippen LogP contribution >= 0.6 is 0 Å². The molecular weight excluding hydrogens is 350 g/mol. The second-order valence-corrected chi connectivity index (χ2v) is 8.39. The largest absolute Gasteiger partial charge is 0.352 e. The molecule has 6 heteroatoms. The molecular formula is C20H19NO4S. The van der Waals surface area contributed by atoms with Crippen LogP contribution in [-0.4, -0.2) is 25.8 Å². The molecule has 1 N–H and O–H groups in total. The molecule has 5 nitrogen and oxygen atoms in total. The average molecular weight is 369 g/mol. The van der Waals surface area contributed by atoms with Crippen molar-refractivity contribution in [2.24, 2.45) is 5.92 Å². The van der Waals surface area contributed by atoms with Crippen LogP contribution in [-0.2, 0) is 20.7 Å². The molecule has 0 spiro atoms. The van der Waals surface area contributed by atoms with E-state index in [9.17, 15) is 13.2 Å².